The molecule has 0 saturated carbocycles. The van der Waals surface area contributed by atoms with E-state index in [0.29, 0.717) is 37.1 Å². The number of nitrogens with one attached hydrogen (secondary N) is 1. The molecule has 2 fully saturated rings. The van der Waals surface area contributed by atoms with Crippen molar-refractivity contribution in [2.24, 2.45) is 5.92 Å². The molecule has 0 bridgehead atoms. The van der Waals surface area contributed by atoms with Crippen LogP contribution in [0.3, 0.4) is 0 Å². The molecule has 4 rings (SSSR count). The monoisotopic (exact) mass is 461 g/mol. The fourth-order valence-corrected chi connectivity index (χ4v) is 4.94. The summed E-state index contributed by atoms with van der Waals surface area (Å²) in [6, 6.07) is 14.5. The van der Waals surface area contributed by atoms with Crippen molar-refractivity contribution in [2.45, 2.75) is 52.0 Å². The summed E-state index contributed by atoms with van der Waals surface area (Å²) < 4.78 is 0. The van der Waals surface area contributed by atoms with Gasteiger partial charge in [0.2, 0.25) is 5.91 Å². The number of piperidine rings is 2. The summed E-state index contributed by atoms with van der Waals surface area (Å²) in [5.41, 5.74) is 3.47. The van der Waals surface area contributed by atoms with Crippen LogP contribution >= 0.6 is 0 Å². The number of hydrogen-bond donors (Lipinski definition) is 1. The van der Waals surface area contributed by atoms with Crippen LogP contribution < -0.4 is 5.32 Å². The summed E-state index contributed by atoms with van der Waals surface area (Å²) in [6.07, 6.45) is 4.54. The van der Waals surface area contributed by atoms with Crippen LogP contribution in [-0.2, 0) is 4.79 Å². The lowest BCUT2D eigenvalue weighted by Crippen LogP contribution is -2.55. The molecule has 2 heterocycles. The van der Waals surface area contributed by atoms with Gasteiger partial charge >= 0.3 is 0 Å². The zero-order chi connectivity index (χ0) is 24.1. The van der Waals surface area contributed by atoms with Crippen LogP contribution in [0.2, 0.25) is 0 Å². The van der Waals surface area contributed by atoms with Gasteiger partial charge in [-0.1, -0.05) is 35.4 Å². The second kappa shape index (κ2) is 10.9. The van der Waals surface area contributed by atoms with E-state index >= 15 is 0 Å². The summed E-state index contributed by atoms with van der Waals surface area (Å²) >= 11 is 0. The van der Waals surface area contributed by atoms with E-state index in [1.54, 1.807) is 12.1 Å². The molecule has 0 radical (unpaired) electrons. The second-order valence-corrected chi connectivity index (χ2v) is 9.70. The van der Waals surface area contributed by atoms with Crippen LogP contribution in [0, 0.1) is 19.8 Å². The zero-order valence-corrected chi connectivity index (χ0v) is 20.3. The molecular formula is C28H35N3O3. The summed E-state index contributed by atoms with van der Waals surface area (Å²) in [5, 5.41) is 3.07. The predicted molar refractivity (Wildman–Crippen MR) is 133 cm³/mol. The van der Waals surface area contributed by atoms with E-state index in [1.807, 2.05) is 60.0 Å². The first kappa shape index (κ1) is 24.0. The van der Waals surface area contributed by atoms with Crippen molar-refractivity contribution in [1.29, 1.82) is 0 Å². The van der Waals surface area contributed by atoms with Gasteiger partial charge in [0.1, 0.15) is 6.04 Å². The summed E-state index contributed by atoms with van der Waals surface area (Å²) in [7, 11) is 0. The molecule has 3 amide bonds. The quantitative estimate of drug-likeness (QED) is 0.733. The average molecular weight is 462 g/mol. The Morgan fingerprint density at radius 3 is 1.82 bits per heavy atom. The van der Waals surface area contributed by atoms with Gasteiger partial charge in [-0.15, -0.1) is 0 Å². The number of benzene rings is 2. The number of nitrogens with zero attached hydrogens (tertiary/aromatic N) is 2. The third-order valence-corrected chi connectivity index (χ3v) is 7.13. The van der Waals surface area contributed by atoms with E-state index in [0.717, 1.165) is 43.5 Å². The normalized spacial score (nSPS) is 17.8. The van der Waals surface area contributed by atoms with Crippen LogP contribution in [0.1, 0.15) is 63.9 Å². The fourth-order valence-electron chi connectivity index (χ4n) is 4.94. The zero-order valence-electron chi connectivity index (χ0n) is 20.3. The van der Waals surface area contributed by atoms with Gasteiger partial charge in [0, 0.05) is 37.3 Å². The lowest BCUT2D eigenvalue weighted by atomic mass is 9.87. The molecule has 0 spiro atoms. The van der Waals surface area contributed by atoms with Crippen LogP contribution in [0.15, 0.2) is 48.5 Å². The lowest BCUT2D eigenvalue weighted by Gasteiger charge is -2.38. The first-order chi connectivity index (χ1) is 16.4. The van der Waals surface area contributed by atoms with Crippen LogP contribution in [0.5, 0.6) is 0 Å². The predicted octanol–water partition coefficient (Wildman–Crippen LogP) is 3.97. The summed E-state index contributed by atoms with van der Waals surface area (Å²) in [6.45, 7) is 6.66. The van der Waals surface area contributed by atoms with E-state index in [4.69, 9.17) is 0 Å². The van der Waals surface area contributed by atoms with Gasteiger partial charge in [-0.3, -0.25) is 14.4 Å². The number of amides is 3. The Morgan fingerprint density at radius 1 is 0.735 bits per heavy atom. The lowest BCUT2D eigenvalue weighted by molar-refractivity contribution is -0.136. The van der Waals surface area contributed by atoms with Crippen LogP contribution in [0.4, 0.5) is 0 Å². The van der Waals surface area contributed by atoms with Crippen molar-refractivity contribution < 1.29 is 14.4 Å². The molecule has 6 heteroatoms. The number of carbonyl (C=O) groups is 3. The summed E-state index contributed by atoms with van der Waals surface area (Å²) in [5.74, 6) is -0.163. The van der Waals surface area contributed by atoms with Crippen molar-refractivity contribution in [3.05, 3.63) is 70.8 Å². The van der Waals surface area contributed by atoms with E-state index in [1.165, 1.54) is 0 Å². The standard InChI is InChI=1S/C28H35N3O3/c1-20-6-10-23(11-7-20)26(32)29-25(28(34)30-16-4-3-5-17-30)22-14-18-31(19-15-22)27(33)24-12-8-21(2)9-13-24/h6-13,22,25H,3-5,14-19H2,1-2H3,(H,29,32)/t25-/m1/s1. The number of likely N-dealkylation sites (tertiary alicyclic amines) is 2. The van der Waals surface area contributed by atoms with Gasteiger partial charge in [0.25, 0.3) is 11.8 Å². The Labute approximate surface area is 202 Å². The number of aryl methyl sites for hydroxylation is 2. The molecule has 2 aromatic rings. The van der Waals surface area contributed by atoms with Gasteiger partial charge in [0.15, 0.2) is 0 Å². The first-order valence-electron chi connectivity index (χ1n) is 12.4. The SMILES string of the molecule is Cc1ccc(C(=O)N[C@@H](C(=O)N2CCCCC2)C2CCN(C(=O)c3ccc(C)cc3)CC2)cc1. The van der Waals surface area contributed by atoms with Crippen molar-refractivity contribution in [3.8, 4) is 0 Å². The van der Waals surface area contributed by atoms with Crippen molar-refractivity contribution in [1.82, 2.24) is 15.1 Å². The number of carbonyl (C=O) groups excluding carboxylic acids is 3. The fraction of sp³-hybridized carbons (Fsp3) is 0.464. The maximum atomic E-state index is 13.5. The third kappa shape index (κ3) is 5.66. The summed E-state index contributed by atoms with van der Waals surface area (Å²) in [4.78, 5) is 43.3. The molecule has 180 valence electrons. The Morgan fingerprint density at radius 2 is 1.26 bits per heavy atom. The molecule has 2 aliphatic heterocycles. The molecule has 0 unspecified atom stereocenters. The van der Waals surface area contributed by atoms with Crippen LogP contribution in [0.25, 0.3) is 0 Å². The number of hydrogen-bond acceptors (Lipinski definition) is 3. The molecule has 2 aromatic carbocycles. The molecule has 2 aliphatic rings. The molecule has 0 aromatic heterocycles. The van der Waals surface area contributed by atoms with Crippen molar-refractivity contribution >= 4 is 17.7 Å². The molecule has 2 saturated heterocycles. The van der Waals surface area contributed by atoms with Gasteiger partial charge < -0.3 is 15.1 Å². The van der Waals surface area contributed by atoms with Gasteiger partial charge in [-0.05, 0) is 76.1 Å². The third-order valence-electron chi connectivity index (χ3n) is 7.13. The van der Waals surface area contributed by atoms with E-state index in [9.17, 15) is 14.4 Å². The Kier molecular flexibility index (Phi) is 7.66. The van der Waals surface area contributed by atoms with Crippen molar-refractivity contribution in [2.75, 3.05) is 26.2 Å². The second-order valence-electron chi connectivity index (χ2n) is 9.70. The van der Waals surface area contributed by atoms with Gasteiger partial charge in [-0.2, -0.15) is 0 Å². The highest BCUT2D eigenvalue weighted by Gasteiger charge is 2.36. The molecule has 0 aliphatic carbocycles. The van der Waals surface area contributed by atoms with Crippen molar-refractivity contribution in [3.63, 3.8) is 0 Å². The minimum Gasteiger partial charge on any atom is -0.341 e. The highest BCUT2D eigenvalue weighted by atomic mass is 16.2. The van der Waals surface area contributed by atoms with Gasteiger partial charge in [0.05, 0.1) is 0 Å². The minimum absolute atomic E-state index is 0.00546. The maximum absolute atomic E-state index is 13.5. The smallest absolute Gasteiger partial charge is 0.253 e. The van der Waals surface area contributed by atoms with Crippen LogP contribution in [-0.4, -0.2) is 59.7 Å². The Hall–Kier alpha value is -3.15. The van der Waals surface area contributed by atoms with Gasteiger partial charge in [-0.25, -0.2) is 0 Å². The van der Waals surface area contributed by atoms with E-state index in [-0.39, 0.29) is 23.6 Å². The highest BCUT2D eigenvalue weighted by molar-refractivity contribution is 5.98. The minimum atomic E-state index is -0.566. The van der Waals surface area contributed by atoms with E-state index < -0.39 is 6.04 Å². The molecule has 34 heavy (non-hydrogen) atoms. The molecular weight excluding hydrogens is 426 g/mol. The molecule has 1 atom stereocenters. The first-order valence-corrected chi connectivity index (χ1v) is 12.4. The number of rotatable bonds is 5. The highest BCUT2D eigenvalue weighted by Crippen LogP contribution is 2.25. The molecule has 6 nitrogen and oxygen atoms in total. The molecule has 1 N–H and O–H groups in total. The topological polar surface area (TPSA) is 69.7 Å². The largest absolute Gasteiger partial charge is 0.341 e. The van der Waals surface area contributed by atoms with E-state index in [2.05, 4.69) is 5.32 Å². The average Bonchev–Trinajstić information content (AvgIpc) is 2.88. The Balaban J connectivity index is 1.45. The maximum Gasteiger partial charge on any atom is 0.253 e. The Bertz CT molecular complexity index is 1000.